The maximum Gasteiger partial charge on any atom is 0.223 e. The van der Waals surface area contributed by atoms with Crippen LogP contribution in [0.1, 0.15) is 70.4 Å². The molecule has 0 N–H and O–H groups in total. The number of nitrogens with zero attached hydrogens (tertiary/aromatic N) is 2. The van der Waals surface area contributed by atoms with Crippen LogP contribution in [0, 0.1) is 0 Å². The van der Waals surface area contributed by atoms with E-state index in [2.05, 4.69) is 13.8 Å². The van der Waals surface area contributed by atoms with E-state index >= 15 is 0 Å². The topological polar surface area (TPSA) is 59.1 Å². The first-order chi connectivity index (χ1) is 14.0. The van der Waals surface area contributed by atoms with Crippen molar-refractivity contribution in [1.82, 2.24) is 9.80 Å². The highest BCUT2D eigenvalue weighted by atomic mass is 16.5. The van der Waals surface area contributed by atoms with Crippen LogP contribution in [0.5, 0.6) is 11.5 Å². The molecule has 1 heterocycles. The van der Waals surface area contributed by atoms with Crippen molar-refractivity contribution in [2.24, 2.45) is 0 Å². The van der Waals surface area contributed by atoms with Crippen LogP contribution in [0.25, 0.3) is 0 Å². The normalized spacial score (nSPS) is 16.0. The largest absolute Gasteiger partial charge is 0.497 e. The molecule has 1 aliphatic heterocycles. The number of likely N-dealkylation sites (tertiary alicyclic amines) is 1. The third-order valence-corrected chi connectivity index (χ3v) is 5.49. The third-order valence-electron chi connectivity index (χ3n) is 5.49. The molecular formula is C23H36N2O4. The van der Waals surface area contributed by atoms with Crippen LogP contribution in [0.3, 0.4) is 0 Å². The van der Waals surface area contributed by atoms with E-state index in [0.717, 1.165) is 62.4 Å². The number of amides is 2. The summed E-state index contributed by atoms with van der Waals surface area (Å²) in [5.74, 6) is 1.77. The highest BCUT2D eigenvalue weighted by Crippen LogP contribution is 2.39. The monoisotopic (exact) mass is 404 g/mol. The molecule has 1 aliphatic rings. The van der Waals surface area contributed by atoms with Crippen LogP contribution in [-0.2, 0) is 9.59 Å². The molecule has 0 saturated carbocycles. The Balaban J connectivity index is 1.96. The Morgan fingerprint density at radius 2 is 1.83 bits per heavy atom. The van der Waals surface area contributed by atoms with Crippen LogP contribution in [-0.4, -0.2) is 55.5 Å². The van der Waals surface area contributed by atoms with Crippen molar-refractivity contribution in [3.05, 3.63) is 23.8 Å². The molecule has 0 bridgehead atoms. The standard InChI is InChI=1S/C23H36N2O4/c1-5-14-24(15-6-2)22(26)10-7-11-23(27)25-16-8-9-20(25)19-13-12-18(28-3)17-21(19)29-4/h12-13,17,20H,5-11,14-16H2,1-4H3. The fraction of sp³-hybridized carbons (Fsp3) is 0.652. The Bertz CT molecular complexity index is 671. The van der Waals surface area contributed by atoms with Gasteiger partial charge < -0.3 is 19.3 Å². The zero-order valence-electron chi connectivity index (χ0n) is 18.4. The maximum atomic E-state index is 12.9. The molecule has 2 amide bonds. The first-order valence-electron chi connectivity index (χ1n) is 10.8. The van der Waals surface area contributed by atoms with Gasteiger partial charge in [-0.05, 0) is 44.2 Å². The summed E-state index contributed by atoms with van der Waals surface area (Å²) in [6.07, 6.45) is 5.28. The smallest absolute Gasteiger partial charge is 0.223 e. The van der Waals surface area contributed by atoms with Crippen LogP contribution in [0.4, 0.5) is 0 Å². The molecule has 1 aromatic rings. The number of hydrogen-bond donors (Lipinski definition) is 0. The number of ether oxygens (including phenoxy) is 2. The average molecular weight is 405 g/mol. The molecule has 0 aliphatic carbocycles. The lowest BCUT2D eigenvalue weighted by atomic mass is 10.0. The molecular weight excluding hydrogens is 368 g/mol. The molecule has 6 nitrogen and oxygen atoms in total. The number of hydrogen-bond acceptors (Lipinski definition) is 4. The van der Waals surface area contributed by atoms with Crippen molar-refractivity contribution in [3.63, 3.8) is 0 Å². The van der Waals surface area contributed by atoms with E-state index in [4.69, 9.17) is 9.47 Å². The van der Waals surface area contributed by atoms with Gasteiger partial charge >= 0.3 is 0 Å². The van der Waals surface area contributed by atoms with E-state index in [1.165, 1.54) is 0 Å². The van der Waals surface area contributed by atoms with Crippen molar-refractivity contribution in [2.75, 3.05) is 33.9 Å². The van der Waals surface area contributed by atoms with Gasteiger partial charge in [0.2, 0.25) is 11.8 Å². The number of carbonyl (C=O) groups is 2. The summed E-state index contributed by atoms with van der Waals surface area (Å²) in [5.41, 5.74) is 1.02. The summed E-state index contributed by atoms with van der Waals surface area (Å²) in [5, 5.41) is 0. The lowest BCUT2D eigenvalue weighted by Crippen LogP contribution is -2.33. The van der Waals surface area contributed by atoms with E-state index in [9.17, 15) is 9.59 Å². The molecule has 6 heteroatoms. The second-order valence-corrected chi connectivity index (χ2v) is 7.59. The SMILES string of the molecule is CCCN(CCC)C(=O)CCCC(=O)N1CCCC1c1ccc(OC)cc1OC. The Morgan fingerprint density at radius 3 is 2.45 bits per heavy atom. The van der Waals surface area contributed by atoms with Gasteiger partial charge in [0.1, 0.15) is 11.5 Å². The zero-order valence-corrected chi connectivity index (χ0v) is 18.4. The minimum absolute atomic E-state index is 0.0238. The molecule has 0 aromatic heterocycles. The number of carbonyl (C=O) groups excluding carboxylic acids is 2. The second-order valence-electron chi connectivity index (χ2n) is 7.59. The van der Waals surface area contributed by atoms with Crippen LogP contribution >= 0.6 is 0 Å². The van der Waals surface area contributed by atoms with E-state index in [1.807, 2.05) is 28.0 Å². The third kappa shape index (κ3) is 6.12. The Hall–Kier alpha value is -2.24. The van der Waals surface area contributed by atoms with Gasteiger partial charge in [0.05, 0.1) is 20.3 Å². The van der Waals surface area contributed by atoms with E-state index in [-0.39, 0.29) is 17.9 Å². The summed E-state index contributed by atoms with van der Waals surface area (Å²) in [6.45, 7) is 6.52. The van der Waals surface area contributed by atoms with E-state index in [1.54, 1.807) is 14.2 Å². The summed E-state index contributed by atoms with van der Waals surface area (Å²) in [4.78, 5) is 29.2. The number of methoxy groups -OCH3 is 2. The quantitative estimate of drug-likeness (QED) is 0.555. The molecule has 1 unspecified atom stereocenters. The highest BCUT2D eigenvalue weighted by molar-refractivity contribution is 5.79. The Labute approximate surface area is 175 Å². The first kappa shape index (κ1) is 23.0. The molecule has 0 spiro atoms. The highest BCUT2D eigenvalue weighted by Gasteiger charge is 2.31. The van der Waals surface area contributed by atoms with Gasteiger partial charge in [-0.3, -0.25) is 9.59 Å². The molecule has 1 fully saturated rings. The lowest BCUT2D eigenvalue weighted by Gasteiger charge is -2.27. The predicted molar refractivity (Wildman–Crippen MR) is 114 cm³/mol. The van der Waals surface area contributed by atoms with E-state index in [0.29, 0.717) is 19.3 Å². The fourth-order valence-corrected chi connectivity index (χ4v) is 4.08. The van der Waals surface area contributed by atoms with Gasteiger partial charge in [0, 0.05) is 44.1 Å². The van der Waals surface area contributed by atoms with Gasteiger partial charge in [-0.25, -0.2) is 0 Å². The minimum atomic E-state index is 0.0238. The van der Waals surface area contributed by atoms with Gasteiger partial charge in [0.25, 0.3) is 0 Å². The minimum Gasteiger partial charge on any atom is -0.497 e. The molecule has 1 atom stereocenters. The van der Waals surface area contributed by atoms with Gasteiger partial charge in [-0.15, -0.1) is 0 Å². The predicted octanol–water partition coefficient (Wildman–Crippen LogP) is 4.19. The zero-order chi connectivity index (χ0) is 21.2. The van der Waals surface area contributed by atoms with Crippen molar-refractivity contribution >= 4 is 11.8 Å². The molecule has 162 valence electrons. The molecule has 29 heavy (non-hydrogen) atoms. The number of rotatable bonds is 11. The van der Waals surface area contributed by atoms with Crippen LogP contribution in [0.15, 0.2) is 18.2 Å². The van der Waals surface area contributed by atoms with Crippen molar-refractivity contribution in [3.8, 4) is 11.5 Å². The first-order valence-corrected chi connectivity index (χ1v) is 10.8. The van der Waals surface area contributed by atoms with Crippen LogP contribution < -0.4 is 9.47 Å². The lowest BCUT2D eigenvalue weighted by molar-refractivity contribution is -0.133. The second kappa shape index (κ2) is 11.7. The molecule has 1 aromatic carbocycles. The van der Waals surface area contributed by atoms with Crippen molar-refractivity contribution in [1.29, 1.82) is 0 Å². The van der Waals surface area contributed by atoms with Crippen molar-refractivity contribution < 1.29 is 19.1 Å². The Kier molecular flexibility index (Phi) is 9.29. The van der Waals surface area contributed by atoms with Crippen molar-refractivity contribution in [2.45, 2.75) is 64.8 Å². The van der Waals surface area contributed by atoms with Gasteiger partial charge in [0.15, 0.2) is 0 Å². The van der Waals surface area contributed by atoms with Crippen LogP contribution in [0.2, 0.25) is 0 Å². The Morgan fingerprint density at radius 1 is 1.10 bits per heavy atom. The summed E-state index contributed by atoms with van der Waals surface area (Å²) in [6, 6.07) is 5.79. The fourth-order valence-electron chi connectivity index (χ4n) is 4.08. The summed E-state index contributed by atoms with van der Waals surface area (Å²) >= 11 is 0. The van der Waals surface area contributed by atoms with Gasteiger partial charge in [-0.1, -0.05) is 13.8 Å². The maximum absolute atomic E-state index is 12.9. The summed E-state index contributed by atoms with van der Waals surface area (Å²) in [7, 11) is 3.27. The summed E-state index contributed by atoms with van der Waals surface area (Å²) < 4.78 is 10.8. The van der Waals surface area contributed by atoms with E-state index < -0.39 is 0 Å². The number of benzene rings is 1. The molecule has 0 radical (unpaired) electrons. The molecule has 1 saturated heterocycles. The van der Waals surface area contributed by atoms with Gasteiger partial charge in [-0.2, -0.15) is 0 Å². The average Bonchev–Trinajstić information content (AvgIpc) is 3.22. The molecule has 2 rings (SSSR count).